The summed E-state index contributed by atoms with van der Waals surface area (Å²) in [5.74, 6) is -1.70. The highest BCUT2D eigenvalue weighted by Crippen LogP contribution is 2.28. The molecule has 0 fully saturated rings. The first kappa shape index (κ1) is 11.7. The van der Waals surface area contributed by atoms with Crippen molar-refractivity contribution < 1.29 is 19.4 Å². The van der Waals surface area contributed by atoms with Gasteiger partial charge in [-0.2, -0.15) is 5.10 Å². The SMILES string of the molecule is NC(=O)c1nn(CC(=O)O)c2cc3c(cc12)COC3. The first-order valence-corrected chi connectivity index (χ1v) is 5.68. The van der Waals surface area contributed by atoms with Gasteiger partial charge in [-0.05, 0) is 23.3 Å². The molecule has 98 valence electrons. The number of aliphatic carboxylic acids is 1. The molecule has 1 aromatic heterocycles. The molecule has 1 aliphatic heterocycles. The lowest BCUT2D eigenvalue weighted by atomic mass is 10.1. The Kier molecular flexibility index (Phi) is 2.49. The van der Waals surface area contributed by atoms with E-state index < -0.39 is 11.9 Å². The summed E-state index contributed by atoms with van der Waals surface area (Å²) in [6.07, 6.45) is 0. The van der Waals surface area contributed by atoms with Crippen molar-refractivity contribution in [3.05, 3.63) is 29.0 Å². The first-order chi connectivity index (χ1) is 9.06. The quantitative estimate of drug-likeness (QED) is 0.823. The minimum Gasteiger partial charge on any atom is -0.480 e. The number of nitrogens with zero attached hydrogens (tertiary/aromatic N) is 2. The van der Waals surface area contributed by atoms with Crippen LogP contribution in [0.1, 0.15) is 21.6 Å². The summed E-state index contributed by atoms with van der Waals surface area (Å²) < 4.78 is 6.59. The topological polar surface area (TPSA) is 107 Å². The lowest BCUT2D eigenvalue weighted by Gasteiger charge is -2.01. The fraction of sp³-hybridized carbons (Fsp3) is 0.250. The van der Waals surface area contributed by atoms with Gasteiger partial charge in [0.15, 0.2) is 5.69 Å². The number of carboxylic acid groups (broad SMARTS) is 1. The number of ether oxygens (including phenoxy) is 1. The molecule has 3 rings (SSSR count). The molecule has 1 amide bonds. The van der Waals surface area contributed by atoms with E-state index in [0.717, 1.165) is 11.1 Å². The third-order valence-electron chi connectivity index (χ3n) is 3.11. The maximum atomic E-state index is 11.4. The summed E-state index contributed by atoms with van der Waals surface area (Å²) in [5, 5.41) is 13.4. The van der Waals surface area contributed by atoms with Crippen LogP contribution in [0.15, 0.2) is 12.1 Å². The van der Waals surface area contributed by atoms with Gasteiger partial charge in [-0.25, -0.2) is 0 Å². The second-order valence-electron chi connectivity index (χ2n) is 4.40. The van der Waals surface area contributed by atoms with Gasteiger partial charge < -0.3 is 15.6 Å². The number of rotatable bonds is 3. The van der Waals surface area contributed by atoms with E-state index in [1.807, 2.05) is 0 Å². The maximum absolute atomic E-state index is 11.4. The molecule has 0 unspecified atom stereocenters. The highest BCUT2D eigenvalue weighted by atomic mass is 16.5. The number of benzene rings is 1. The molecule has 19 heavy (non-hydrogen) atoms. The van der Waals surface area contributed by atoms with E-state index in [9.17, 15) is 9.59 Å². The lowest BCUT2D eigenvalue weighted by molar-refractivity contribution is -0.137. The molecule has 7 nitrogen and oxygen atoms in total. The van der Waals surface area contributed by atoms with Gasteiger partial charge >= 0.3 is 5.97 Å². The summed E-state index contributed by atoms with van der Waals surface area (Å²) in [4.78, 5) is 22.2. The fourth-order valence-electron chi connectivity index (χ4n) is 2.28. The van der Waals surface area contributed by atoms with Crippen LogP contribution in [0.4, 0.5) is 0 Å². The van der Waals surface area contributed by atoms with Crippen LogP contribution >= 0.6 is 0 Å². The monoisotopic (exact) mass is 261 g/mol. The van der Waals surface area contributed by atoms with E-state index in [1.165, 1.54) is 4.68 Å². The first-order valence-electron chi connectivity index (χ1n) is 5.68. The van der Waals surface area contributed by atoms with E-state index in [-0.39, 0.29) is 12.2 Å². The van der Waals surface area contributed by atoms with Crippen LogP contribution in [-0.4, -0.2) is 26.8 Å². The largest absolute Gasteiger partial charge is 0.480 e. The molecular weight excluding hydrogens is 250 g/mol. The lowest BCUT2D eigenvalue weighted by Crippen LogP contribution is -2.14. The average Bonchev–Trinajstić information content (AvgIpc) is 2.90. The van der Waals surface area contributed by atoms with Crippen molar-refractivity contribution in [3.63, 3.8) is 0 Å². The Labute approximate surface area is 107 Å². The minimum atomic E-state index is -1.03. The van der Waals surface area contributed by atoms with E-state index in [4.69, 9.17) is 15.6 Å². The Balaban J connectivity index is 2.26. The smallest absolute Gasteiger partial charge is 0.325 e. The van der Waals surface area contributed by atoms with Gasteiger partial charge in [-0.3, -0.25) is 14.3 Å². The Morgan fingerprint density at radius 2 is 2.05 bits per heavy atom. The molecule has 0 radical (unpaired) electrons. The van der Waals surface area contributed by atoms with Gasteiger partial charge in [0.05, 0.1) is 18.7 Å². The summed E-state index contributed by atoms with van der Waals surface area (Å²) in [7, 11) is 0. The predicted molar refractivity (Wildman–Crippen MR) is 64.4 cm³/mol. The van der Waals surface area contributed by atoms with Crippen molar-refractivity contribution in [1.82, 2.24) is 9.78 Å². The number of carbonyl (C=O) groups excluding carboxylic acids is 1. The molecule has 0 saturated heterocycles. The van der Waals surface area contributed by atoms with Gasteiger partial charge in [0, 0.05) is 5.39 Å². The normalized spacial score (nSPS) is 13.7. The summed E-state index contributed by atoms with van der Waals surface area (Å²) in [6, 6.07) is 3.60. The number of hydrogen-bond donors (Lipinski definition) is 2. The van der Waals surface area contributed by atoms with E-state index >= 15 is 0 Å². The van der Waals surface area contributed by atoms with Gasteiger partial charge in [0.25, 0.3) is 5.91 Å². The Hall–Kier alpha value is -2.41. The van der Waals surface area contributed by atoms with Gasteiger partial charge in [-0.15, -0.1) is 0 Å². The maximum Gasteiger partial charge on any atom is 0.325 e. The zero-order valence-corrected chi connectivity index (χ0v) is 9.92. The number of carbonyl (C=O) groups is 2. The van der Waals surface area contributed by atoms with Crippen molar-refractivity contribution in [2.75, 3.05) is 0 Å². The van der Waals surface area contributed by atoms with E-state index in [2.05, 4.69) is 5.10 Å². The van der Waals surface area contributed by atoms with Crippen LogP contribution in [0.3, 0.4) is 0 Å². The Morgan fingerprint density at radius 1 is 1.37 bits per heavy atom. The van der Waals surface area contributed by atoms with Gasteiger partial charge in [0.2, 0.25) is 0 Å². The molecule has 0 saturated carbocycles. The van der Waals surface area contributed by atoms with Crippen molar-refractivity contribution in [1.29, 1.82) is 0 Å². The second-order valence-corrected chi connectivity index (χ2v) is 4.40. The van der Waals surface area contributed by atoms with Crippen LogP contribution in [0, 0.1) is 0 Å². The summed E-state index contributed by atoms with van der Waals surface area (Å²) >= 11 is 0. The highest BCUT2D eigenvalue weighted by Gasteiger charge is 2.20. The van der Waals surface area contributed by atoms with Gasteiger partial charge in [0.1, 0.15) is 6.54 Å². The summed E-state index contributed by atoms with van der Waals surface area (Å²) in [5.41, 5.74) is 7.91. The number of nitrogens with two attached hydrogens (primary N) is 1. The molecule has 0 atom stereocenters. The molecular formula is C12H11N3O4. The molecule has 0 aliphatic carbocycles. The molecule has 2 aromatic rings. The molecule has 2 heterocycles. The number of amides is 1. The molecule has 0 spiro atoms. The molecule has 1 aliphatic rings. The van der Waals surface area contributed by atoms with Crippen LogP contribution < -0.4 is 5.73 Å². The average molecular weight is 261 g/mol. The molecule has 0 bridgehead atoms. The Morgan fingerprint density at radius 3 is 2.68 bits per heavy atom. The van der Waals surface area contributed by atoms with Crippen LogP contribution in [0.5, 0.6) is 0 Å². The highest BCUT2D eigenvalue weighted by molar-refractivity contribution is 6.04. The van der Waals surface area contributed by atoms with Gasteiger partial charge in [-0.1, -0.05) is 0 Å². The number of fused-ring (bicyclic) bond motifs is 2. The van der Waals surface area contributed by atoms with Crippen LogP contribution in [0.2, 0.25) is 0 Å². The van der Waals surface area contributed by atoms with Crippen LogP contribution in [0.25, 0.3) is 10.9 Å². The van der Waals surface area contributed by atoms with E-state index in [1.54, 1.807) is 12.1 Å². The third-order valence-corrected chi connectivity index (χ3v) is 3.11. The zero-order chi connectivity index (χ0) is 13.6. The minimum absolute atomic E-state index is 0.0888. The number of carboxylic acids is 1. The van der Waals surface area contributed by atoms with Crippen molar-refractivity contribution in [2.45, 2.75) is 19.8 Å². The third kappa shape index (κ3) is 1.84. The fourth-order valence-corrected chi connectivity index (χ4v) is 2.28. The number of aromatic nitrogens is 2. The molecule has 7 heteroatoms. The standard InChI is InChI=1S/C12H11N3O4/c13-12(18)11-8-1-6-4-19-5-7(6)2-9(8)15(14-11)3-10(16)17/h1-2H,3-5H2,(H2,13,18)(H,16,17). The second kappa shape index (κ2) is 4.06. The molecule has 3 N–H and O–H groups in total. The molecule has 1 aromatic carbocycles. The van der Waals surface area contributed by atoms with Crippen molar-refractivity contribution in [2.24, 2.45) is 5.73 Å². The Bertz CT molecular complexity index is 705. The predicted octanol–water partition coefficient (Wildman–Crippen LogP) is 0.250. The van der Waals surface area contributed by atoms with Crippen LogP contribution in [-0.2, 0) is 29.3 Å². The number of primary amides is 1. The number of hydrogen-bond acceptors (Lipinski definition) is 4. The zero-order valence-electron chi connectivity index (χ0n) is 9.92. The van der Waals surface area contributed by atoms with E-state index in [0.29, 0.717) is 24.1 Å². The van der Waals surface area contributed by atoms with Crippen molar-refractivity contribution >= 4 is 22.8 Å². The summed E-state index contributed by atoms with van der Waals surface area (Å²) in [6.45, 7) is 0.645. The van der Waals surface area contributed by atoms with Crippen molar-refractivity contribution in [3.8, 4) is 0 Å².